The first-order valence-corrected chi connectivity index (χ1v) is 10.1. The normalized spacial score (nSPS) is 16.6. The number of hydrogen-bond acceptors (Lipinski definition) is 4. The average molecular weight is 405 g/mol. The van der Waals surface area contributed by atoms with Gasteiger partial charge in [-0.05, 0) is 50.5 Å². The molecule has 0 aliphatic carbocycles. The van der Waals surface area contributed by atoms with E-state index in [4.69, 9.17) is 0 Å². The van der Waals surface area contributed by atoms with E-state index in [-0.39, 0.29) is 5.91 Å². The number of nitrogens with one attached hydrogen (secondary N) is 1. The number of imide groups is 1. The van der Waals surface area contributed by atoms with Crippen molar-refractivity contribution in [3.63, 3.8) is 0 Å². The minimum Gasteiger partial charge on any atom is -0.339 e. The maximum Gasteiger partial charge on any atom is 0.262 e. The van der Waals surface area contributed by atoms with Crippen LogP contribution in [0.15, 0.2) is 42.5 Å². The molecule has 2 aliphatic heterocycles. The second-order valence-electron chi connectivity index (χ2n) is 7.69. The smallest absolute Gasteiger partial charge is 0.262 e. The predicted molar refractivity (Wildman–Crippen MR) is 111 cm³/mol. The first kappa shape index (κ1) is 19.8. The number of fused-ring (bicyclic) bond motifs is 1. The SMILES string of the molecule is Cc1cccc(NC(=O)C(C)N2C(=O)c3ccccc3C2=O)c1C(=O)N1CCCC1. The number of hydrogen-bond donors (Lipinski definition) is 1. The van der Waals surface area contributed by atoms with Gasteiger partial charge in [-0.1, -0.05) is 24.3 Å². The molecular weight excluding hydrogens is 382 g/mol. The molecule has 1 saturated heterocycles. The zero-order valence-electron chi connectivity index (χ0n) is 17.0. The van der Waals surface area contributed by atoms with Gasteiger partial charge < -0.3 is 10.2 Å². The third-order valence-electron chi connectivity index (χ3n) is 5.73. The highest BCUT2D eigenvalue weighted by Crippen LogP contribution is 2.27. The number of anilines is 1. The molecule has 2 aliphatic rings. The first-order chi connectivity index (χ1) is 14.4. The van der Waals surface area contributed by atoms with Crippen LogP contribution < -0.4 is 5.32 Å². The Balaban J connectivity index is 1.58. The van der Waals surface area contributed by atoms with Crippen molar-refractivity contribution in [1.82, 2.24) is 9.80 Å². The molecule has 7 heteroatoms. The Labute approximate surface area is 174 Å². The summed E-state index contributed by atoms with van der Waals surface area (Å²) in [5, 5.41) is 2.77. The van der Waals surface area contributed by atoms with Crippen LogP contribution in [0.1, 0.15) is 56.4 Å². The third-order valence-corrected chi connectivity index (χ3v) is 5.73. The number of likely N-dealkylation sites (tertiary alicyclic amines) is 1. The van der Waals surface area contributed by atoms with Crippen molar-refractivity contribution in [2.75, 3.05) is 18.4 Å². The molecule has 0 aromatic heterocycles. The minimum absolute atomic E-state index is 0.116. The molecule has 0 saturated carbocycles. The minimum atomic E-state index is -1.02. The molecule has 2 aromatic carbocycles. The molecule has 0 spiro atoms. The number of rotatable bonds is 4. The van der Waals surface area contributed by atoms with E-state index in [1.54, 1.807) is 41.3 Å². The summed E-state index contributed by atoms with van der Waals surface area (Å²) in [6, 6.07) is 10.8. The summed E-state index contributed by atoms with van der Waals surface area (Å²) in [5.41, 5.74) is 2.19. The van der Waals surface area contributed by atoms with Gasteiger partial charge in [-0.2, -0.15) is 0 Å². The highest BCUT2D eigenvalue weighted by Gasteiger charge is 2.40. The fraction of sp³-hybridized carbons (Fsp3) is 0.304. The topological polar surface area (TPSA) is 86.8 Å². The number of nitrogens with zero attached hydrogens (tertiary/aromatic N) is 2. The molecule has 1 N–H and O–H groups in total. The summed E-state index contributed by atoms with van der Waals surface area (Å²) >= 11 is 0. The molecule has 1 unspecified atom stereocenters. The van der Waals surface area contributed by atoms with Crippen molar-refractivity contribution >= 4 is 29.3 Å². The molecule has 0 bridgehead atoms. The molecule has 154 valence electrons. The van der Waals surface area contributed by atoms with Gasteiger partial charge in [0.05, 0.1) is 22.4 Å². The van der Waals surface area contributed by atoms with Crippen LogP contribution >= 0.6 is 0 Å². The number of amides is 4. The van der Waals surface area contributed by atoms with Gasteiger partial charge in [0.25, 0.3) is 17.7 Å². The van der Waals surface area contributed by atoms with Crippen LogP contribution in [0.5, 0.6) is 0 Å². The van der Waals surface area contributed by atoms with Crippen molar-refractivity contribution in [2.45, 2.75) is 32.7 Å². The molecule has 1 fully saturated rings. The maximum absolute atomic E-state index is 13.0. The van der Waals surface area contributed by atoms with Crippen molar-refractivity contribution in [3.8, 4) is 0 Å². The van der Waals surface area contributed by atoms with Crippen LogP contribution in [0.4, 0.5) is 5.69 Å². The van der Waals surface area contributed by atoms with Crippen LogP contribution in [-0.2, 0) is 4.79 Å². The first-order valence-electron chi connectivity index (χ1n) is 10.1. The lowest BCUT2D eigenvalue weighted by Gasteiger charge is -2.23. The van der Waals surface area contributed by atoms with Gasteiger partial charge >= 0.3 is 0 Å². The van der Waals surface area contributed by atoms with Gasteiger partial charge in [-0.25, -0.2) is 0 Å². The summed E-state index contributed by atoms with van der Waals surface area (Å²) in [7, 11) is 0. The van der Waals surface area contributed by atoms with Crippen molar-refractivity contribution in [2.24, 2.45) is 0 Å². The molecule has 4 amide bonds. The van der Waals surface area contributed by atoms with E-state index in [0.717, 1.165) is 23.3 Å². The fourth-order valence-electron chi connectivity index (χ4n) is 4.05. The molecule has 4 rings (SSSR count). The van der Waals surface area contributed by atoms with E-state index in [0.29, 0.717) is 35.5 Å². The molecule has 30 heavy (non-hydrogen) atoms. The van der Waals surface area contributed by atoms with Crippen LogP contribution in [0, 0.1) is 6.92 Å². The molecule has 2 heterocycles. The van der Waals surface area contributed by atoms with Crippen LogP contribution in [0.2, 0.25) is 0 Å². The quantitative estimate of drug-likeness (QED) is 0.793. The second-order valence-corrected chi connectivity index (χ2v) is 7.69. The standard InChI is InChI=1S/C23H23N3O4/c1-14-8-7-11-18(19(14)23(30)25-12-5-6-13-25)24-20(27)15(2)26-21(28)16-9-3-4-10-17(16)22(26)29/h3-4,7-11,15H,5-6,12-13H2,1-2H3,(H,24,27). The Hall–Kier alpha value is -3.48. The van der Waals surface area contributed by atoms with E-state index in [1.165, 1.54) is 6.92 Å². The number of benzene rings is 2. The summed E-state index contributed by atoms with van der Waals surface area (Å²) in [6.07, 6.45) is 1.94. The third kappa shape index (κ3) is 3.26. The average Bonchev–Trinajstić information content (AvgIpc) is 3.35. The van der Waals surface area contributed by atoms with Crippen molar-refractivity contribution < 1.29 is 19.2 Å². The Morgan fingerprint density at radius 2 is 1.53 bits per heavy atom. The Bertz CT molecular complexity index is 1020. The van der Waals surface area contributed by atoms with Gasteiger partial charge in [0.1, 0.15) is 6.04 Å². The molecule has 7 nitrogen and oxygen atoms in total. The zero-order valence-corrected chi connectivity index (χ0v) is 17.0. The van der Waals surface area contributed by atoms with Gasteiger partial charge in [-0.3, -0.25) is 24.1 Å². The molecular formula is C23H23N3O4. The lowest BCUT2D eigenvalue weighted by Crippen LogP contribution is -2.45. The lowest BCUT2D eigenvalue weighted by molar-refractivity contribution is -0.119. The summed E-state index contributed by atoms with van der Waals surface area (Å²) in [4.78, 5) is 54.1. The van der Waals surface area contributed by atoms with E-state index < -0.39 is 23.8 Å². The predicted octanol–water partition coefficient (Wildman–Crippen LogP) is 2.85. The second kappa shape index (κ2) is 7.74. The van der Waals surface area contributed by atoms with E-state index in [1.807, 2.05) is 13.0 Å². The highest BCUT2D eigenvalue weighted by atomic mass is 16.2. The highest BCUT2D eigenvalue weighted by molar-refractivity contribution is 6.23. The van der Waals surface area contributed by atoms with Gasteiger partial charge in [0.15, 0.2) is 0 Å². The maximum atomic E-state index is 13.0. The van der Waals surface area contributed by atoms with Gasteiger partial charge in [0, 0.05) is 13.1 Å². The Morgan fingerprint density at radius 3 is 2.13 bits per heavy atom. The van der Waals surface area contributed by atoms with Gasteiger partial charge in [-0.15, -0.1) is 0 Å². The Morgan fingerprint density at radius 1 is 0.933 bits per heavy atom. The van der Waals surface area contributed by atoms with Crippen LogP contribution in [0.25, 0.3) is 0 Å². The van der Waals surface area contributed by atoms with Gasteiger partial charge in [0.2, 0.25) is 5.91 Å². The van der Waals surface area contributed by atoms with E-state index in [2.05, 4.69) is 5.32 Å². The monoisotopic (exact) mass is 405 g/mol. The van der Waals surface area contributed by atoms with E-state index in [9.17, 15) is 19.2 Å². The largest absolute Gasteiger partial charge is 0.339 e. The zero-order chi connectivity index (χ0) is 21.4. The summed E-state index contributed by atoms with van der Waals surface area (Å²) in [5.74, 6) is -1.62. The van der Waals surface area contributed by atoms with Crippen LogP contribution in [-0.4, -0.2) is 52.6 Å². The molecule has 1 atom stereocenters. The van der Waals surface area contributed by atoms with Crippen molar-refractivity contribution in [3.05, 3.63) is 64.7 Å². The molecule has 2 aromatic rings. The fourth-order valence-corrected chi connectivity index (χ4v) is 4.05. The number of carbonyl (C=O) groups is 4. The number of aryl methyl sites for hydroxylation is 1. The summed E-state index contributed by atoms with van der Waals surface area (Å²) < 4.78 is 0. The summed E-state index contributed by atoms with van der Waals surface area (Å²) in [6.45, 7) is 4.74. The van der Waals surface area contributed by atoms with Crippen LogP contribution in [0.3, 0.4) is 0 Å². The Kier molecular flexibility index (Phi) is 5.11. The van der Waals surface area contributed by atoms with Crippen molar-refractivity contribution in [1.29, 1.82) is 0 Å². The van der Waals surface area contributed by atoms with E-state index >= 15 is 0 Å². The molecule has 0 radical (unpaired) electrons. The lowest BCUT2D eigenvalue weighted by atomic mass is 10.0. The number of carbonyl (C=O) groups excluding carboxylic acids is 4.